The van der Waals surface area contributed by atoms with E-state index in [0.29, 0.717) is 0 Å². The van der Waals surface area contributed by atoms with E-state index in [1.54, 1.807) is 0 Å². The van der Waals surface area contributed by atoms with Crippen molar-refractivity contribution in [2.24, 2.45) is 0 Å². The topological polar surface area (TPSA) is 4.93 Å². The molecule has 25 heteroatoms. The van der Waals surface area contributed by atoms with Crippen LogP contribution in [0.4, 0.5) is 0 Å². The van der Waals surface area contributed by atoms with Gasteiger partial charge in [-0.05, 0) is 17.0 Å². The molecule has 0 fully saturated rings. The minimum atomic E-state index is 0. The van der Waals surface area contributed by atoms with E-state index in [1.165, 1.54) is 32.8 Å². The van der Waals surface area contributed by atoms with Gasteiger partial charge in [0.25, 0.3) is 0 Å². The van der Waals surface area contributed by atoms with Gasteiger partial charge in [0.2, 0.25) is 0 Å². The summed E-state index contributed by atoms with van der Waals surface area (Å²) >= 11 is 0. The molecular weight excluding hydrogens is 2640 g/mol. The minimum Gasteiger partial charge on any atom is -0.388 e. The molecule has 0 bridgehead atoms. The molecule has 5 rings (SSSR count). The minimum absolute atomic E-state index is 0. The normalized spacial score (nSPS) is 6.12. The molecule has 0 unspecified atom stereocenters. The third-order valence-electron chi connectivity index (χ3n) is 5.64. The van der Waals surface area contributed by atoms with Crippen LogP contribution in [-0.2, 0) is 780 Å². The van der Waals surface area contributed by atoms with Gasteiger partial charge in [-0.1, -0.05) is 69.5 Å². The first-order valence-electron chi connectivity index (χ1n) is 12.3. The molecule has 1 nitrogen and oxygen atoms in total. The van der Waals surface area contributed by atoms with Gasteiger partial charge in [-0.15, -0.1) is 70.9 Å². The Bertz CT molecular complexity index is 1350. The molecule has 0 amide bonds. The summed E-state index contributed by atoms with van der Waals surface area (Å²) in [6.07, 6.45) is 6.82. The van der Waals surface area contributed by atoms with Crippen molar-refractivity contribution in [2.45, 2.75) is 54.0 Å². The van der Waals surface area contributed by atoms with E-state index in [1.807, 2.05) is 39.8 Å². The van der Waals surface area contributed by atoms with Gasteiger partial charge in [-0.3, -0.25) is 0 Å². The first-order valence-corrected chi connectivity index (χ1v) is 12.3. The number of fused-ring (bicyclic) bond motifs is 4. The number of benzene rings is 4. The van der Waals surface area contributed by atoms with Gasteiger partial charge >= 0.3 is 21.1 Å². The third kappa shape index (κ3) is 57.8. The monoisotopic (exact) mass is 2670 g/mol. The number of para-hydroxylation sites is 1. The smallest absolute Gasteiger partial charge is 0.388 e. The van der Waals surface area contributed by atoms with Crippen molar-refractivity contribution in [3.05, 3.63) is 97.8 Å². The molecule has 0 N–H and O–H groups in total. The summed E-state index contributed by atoms with van der Waals surface area (Å²) in [5.41, 5.74) is 4.76. The van der Waals surface area contributed by atoms with Crippen LogP contribution in [0.15, 0.2) is 72.8 Å². The molecule has 0 saturated carbocycles. The molecule has 57 heavy (non-hydrogen) atoms. The summed E-state index contributed by atoms with van der Waals surface area (Å²) < 4.78 is 2.40. The molecule has 0 atom stereocenters. The largest absolute Gasteiger partial charge is 4.00 e. The molecule has 0 saturated heterocycles. The number of rotatable bonds is 6. The van der Waals surface area contributed by atoms with Gasteiger partial charge in [-0.25, -0.2) is 12.8 Å². The van der Waals surface area contributed by atoms with Crippen molar-refractivity contribution in [1.82, 2.24) is 4.57 Å². The standard InChI is InChI=1S/C28H23N.2C2H6.Pt.23Y/c1-2-3-4-9-19-29-27-16-8-7-14-25(27)26-18-17-22(20-28(26)29)24-15-10-12-21-11-5-6-13-23(21)24;2*1-2;;;;;;;;;;;;;;;;;;;;;;;;/h2,5-12,14-18H,3-4,19H2,1H3;2*1-2H3;;;;;;;;;;;;;;;;;;;;;;;;/q-4;;;+4;;;;;;;;;;;;;;;;;;;;;;;. The van der Waals surface area contributed by atoms with Crippen molar-refractivity contribution in [3.63, 3.8) is 0 Å². The quantitative estimate of drug-likeness (QED) is 0.118. The Morgan fingerprint density at radius 1 is 0.491 bits per heavy atom. The van der Waals surface area contributed by atoms with Crippen molar-refractivity contribution < 1.29 is 773 Å². The number of aromatic nitrogens is 1. The van der Waals surface area contributed by atoms with Gasteiger partial charge in [0, 0.05) is 758 Å². The van der Waals surface area contributed by atoms with E-state index in [0.717, 1.165) is 30.3 Å². The molecule has 4 aromatic carbocycles. The van der Waals surface area contributed by atoms with Crippen molar-refractivity contribution in [3.8, 4) is 11.1 Å². The summed E-state index contributed by atoms with van der Waals surface area (Å²) in [6, 6.07) is 32.9. The number of hydrogen-bond acceptors (Lipinski definition) is 0. The van der Waals surface area contributed by atoms with E-state index >= 15 is 0 Å². The van der Waals surface area contributed by atoms with Crippen LogP contribution in [0.25, 0.3) is 43.7 Å². The summed E-state index contributed by atoms with van der Waals surface area (Å²) in [5, 5.41) is 4.93. The average molecular weight is 2670 g/mol. The second-order valence-corrected chi connectivity index (χ2v) is 7.48. The Morgan fingerprint density at radius 3 is 1.42 bits per heavy atom. The zero-order chi connectivity index (χ0) is 23.6. The summed E-state index contributed by atoms with van der Waals surface area (Å²) in [7, 11) is 0. The Hall–Kier alpha value is 23.0. The summed E-state index contributed by atoms with van der Waals surface area (Å²) in [4.78, 5) is 0. The van der Waals surface area contributed by atoms with Crippen molar-refractivity contribution in [2.75, 3.05) is 0 Å². The Kier molecular flexibility index (Phi) is 263. The van der Waals surface area contributed by atoms with Gasteiger partial charge in [0.15, 0.2) is 0 Å². The molecule has 1 heterocycles. The number of nitrogens with zero attached hydrogens (tertiary/aromatic N) is 1. The third-order valence-corrected chi connectivity index (χ3v) is 5.64. The zero-order valence-electron chi connectivity index (χ0n) is 34.2. The number of hydrogen-bond donors (Lipinski definition) is 0. The SMILES string of the molecule is CC.CC.C[CH-]CC[CH-]Cn1c2[c-]c(-c3cccc4ccc[c-]c34)ccc2c2ccccc21.[Pt+4].[Y].[Y].[Y].[Y].[Y].[Y].[Y].[Y].[Y].[Y].[Y].[Y].[Y].[Y].[Y].[Y].[Y].[Y].[Y].[Y].[Y].[Y].[Y]. The van der Waals surface area contributed by atoms with E-state index in [4.69, 9.17) is 0 Å². The summed E-state index contributed by atoms with van der Waals surface area (Å²) in [6.45, 7) is 11.0. The van der Waals surface area contributed by atoms with E-state index in [2.05, 4.69) is 97.1 Å². The molecule has 23 radical (unpaired) electrons. The van der Waals surface area contributed by atoms with Crippen LogP contribution in [0.2, 0.25) is 0 Å². The van der Waals surface area contributed by atoms with Crippen molar-refractivity contribution >= 4 is 32.6 Å². The maximum absolute atomic E-state index is 3.75. The molecule has 0 aliphatic carbocycles. The fourth-order valence-electron chi connectivity index (χ4n) is 4.20. The van der Waals surface area contributed by atoms with Crippen LogP contribution in [0.1, 0.15) is 47.5 Å². The zero-order valence-corrected chi connectivity index (χ0v) is 102. The molecular formula is C32H35NPtY23. The van der Waals surface area contributed by atoms with Crippen LogP contribution in [0.3, 0.4) is 0 Å². The average Bonchev–Trinajstić information content (AvgIpc) is 3.21. The predicted molar refractivity (Wildman–Crippen MR) is 146 cm³/mol. The first kappa shape index (κ1) is 148. The van der Waals surface area contributed by atoms with Gasteiger partial charge < -0.3 is 17.4 Å². The van der Waals surface area contributed by atoms with Crippen LogP contribution < -0.4 is 0 Å². The fraction of sp³-hybridized carbons (Fsp3) is 0.250. The predicted octanol–water partition coefficient (Wildman–Crippen LogP) is 9.42. The molecule has 0 aliphatic rings. The second kappa shape index (κ2) is 101. The van der Waals surface area contributed by atoms with Crippen molar-refractivity contribution in [1.29, 1.82) is 0 Å². The van der Waals surface area contributed by atoms with E-state index < -0.39 is 0 Å². The summed E-state index contributed by atoms with van der Waals surface area (Å²) in [5.74, 6) is 0. The molecule has 0 spiro atoms. The maximum Gasteiger partial charge on any atom is 4.00 e. The fourth-order valence-corrected chi connectivity index (χ4v) is 4.20. The maximum atomic E-state index is 3.75. The second-order valence-electron chi connectivity index (χ2n) is 7.48. The first-order chi connectivity index (χ1) is 16.4. The Balaban J connectivity index is -0.0000000213. The van der Waals surface area contributed by atoms with Crippen LogP contribution in [0.5, 0.6) is 0 Å². The van der Waals surface area contributed by atoms with Crippen LogP contribution in [0, 0.1) is 25.0 Å². The molecule has 0 aliphatic heterocycles. The number of unbranched alkanes of at least 4 members (excludes halogenated alkanes) is 3. The van der Waals surface area contributed by atoms with Gasteiger partial charge in [0.05, 0.1) is 0 Å². The Morgan fingerprint density at radius 2 is 0.947 bits per heavy atom. The van der Waals surface area contributed by atoms with E-state index in [-0.39, 0.29) is 773 Å². The van der Waals surface area contributed by atoms with Gasteiger partial charge in [-0.2, -0.15) is 6.92 Å². The van der Waals surface area contributed by atoms with Gasteiger partial charge in [0.1, 0.15) is 0 Å². The van der Waals surface area contributed by atoms with E-state index in [9.17, 15) is 0 Å². The molecule has 247 valence electrons. The van der Waals surface area contributed by atoms with Crippen LogP contribution >= 0.6 is 0 Å². The molecule has 5 aromatic rings. The van der Waals surface area contributed by atoms with Crippen LogP contribution in [-0.4, -0.2) is 4.57 Å². The molecule has 1 aromatic heterocycles. The Labute approximate surface area is 942 Å².